The van der Waals surface area contributed by atoms with E-state index in [1.165, 1.54) is 0 Å². The zero-order valence-electron chi connectivity index (χ0n) is 15.5. The largest absolute Gasteiger partial charge is 0.331 e. The SMILES string of the molecule is CCN(Cc1nc2ccccc2c(=O)[nH]1)C(=O)NC(C)c1ccc(Cl)c(Cl)c1. The number of carbonyl (C=O) groups is 1. The molecule has 3 rings (SSSR count). The second kappa shape index (κ2) is 8.63. The molecule has 1 atom stereocenters. The van der Waals surface area contributed by atoms with E-state index in [9.17, 15) is 9.59 Å². The highest BCUT2D eigenvalue weighted by Gasteiger charge is 2.17. The summed E-state index contributed by atoms with van der Waals surface area (Å²) in [5.41, 5.74) is 1.22. The molecule has 1 heterocycles. The minimum atomic E-state index is -0.267. The summed E-state index contributed by atoms with van der Waals surface area (Å²) in [6.07, 6.45) is 0. The van der Waals surface area contributed by atoms with Crippen LogP contribution in [-0.2, 0) is 6.54 Å². The number of aromatic amines is 1. The van der Waals surface area contributed by atoms with Crippen LogP contribution in [0.25, 0.3) is 10.9 Å². The summed E-state index contributed by atoms with van der Waals surface area (Å²) in [5, 5.41) is 4.35. The van der Waals surface area contributed by atoms with Gasteiger partial charge in [0, 0.05) is 6.54 Å². The third-order valence-electron chi connectivity index (χ3n) is 4.46. The first-order valence-electron chi connectivity index (χ1n) is 8.87. The Labute approximate surface area is 172 Å². The van der Waals surface area contributed by atoms with Crippen molar-refractivity contribution in [3.05, 3.63) is 74.3 Å². The Kier molecular flexibility index (Phi) is 6.21. The number of hydrogen-bond donors (Lipinski definition) is 2. The van der Waals surface area contributed by atoms with E-state index in [0.29, 0.717) is 33.3 Å². The van der Waals surface area contributed by atoms with Crippen molar-refractivity contribution in [2.75, 3.05) is 6.54 Å². The number of para-hydroxylation sites is 1. The number of benzene rings is 2. The lowest BCUT2D eigenvalue weighted by Gasteiger charge is -2.24. The Bertz CT molecular complexity index is 1070. The molecule has 6 nitrogen and oxygen atoms in total. The summed E-state index contributed by atoms with van der Waals surface area (Å²) >= 11 is 12.0. The molecule has 146 valence electrons. The average molecular weight is 419 g/mol. The molecule has 0 fully saturated rings. The smallest absolute Gasteiger partial charge is 0.318 e. The minimum absolute atomic E-state index is 0.191. The number of carbonyl (C=O) groups excluding carboxylic acids is 1. The first-order chi connectivity index (χ1) is 13.4. The molecule has 28 heavy (non-hydrogen) atoms. The lowest BCUT2D eigenvalue weighted by Crippen LogP contribution is -2.41. The second-order valence-corrected chi connectivity index (χ2v) is 7.20. The summed E-state index contributed by atoms with van der Waals surface area (Å²) in [6.45, 7) is 4.37. The van der Waals surface area contributed by atoms with Crippen LogP contribution < -0.4 is 10.9 Å². The number of hydrogen-bond acceptors (Lipinski definition) is 3. The van der Waals surface area contributed by atoms with E-state index < -0.39 is 0 Å². The van der Waals surface area contributed by atoms with Crippen LogP contribution in [0.5, 0.6) is 0 Å². The Hall–Kier alpha value is -2.57. The standard InChI is InChI=1S/C20H20Cl2N4O2/c1-3-26(11-18-24-17-7-5-4-6-14(17)19(27)25-18)20(28)23-12(2)13-8-9-15(21)16(22)10-13/h4-10,12H,3,11H2,1-2H3,(H,23,28)(H,24,25,27). The van der Waals surface area contributed by atoms with Crippen LogP contribution in [0, 0.1) is 0 Å². The number of nitrogens with zero attached hydrogens (tertiary/aromatic N) is 2. The predicted molar refractivity (Wildman–Crippen MR) is 112 cm³/mol. The molecule has 2 aromatic carbocycles. The molecule has 1 unspecified atom stereocenters. The number of aromatic nitrogens is 2. The third kappa shape index (κ3) is 4.46. The number of nitrogens with one attached hydrogen (secondary N) is 2. The monoisotopic (exact) mass is 418 g/mol. The van der Waals surface area contributed by atoms with Gasteiger partial charge in [0.1, 0.15) is 5.82 Å². The molecule has 0 radical (unpaired) electrons. The van der Waals surface area contributed by atoms with Crippen LogP contribution >= 0.6 is 23.2 Å². The summed E-state index contributed by atoms with van der Waals surface area (Å²) in [7, 11) is 0. The fourth-order valence-corrected chi connectivity index (χ4v) is 3.17. The van der Waals surface area contributed by atoms with E-state index in [0.717, 1.165) is 5.56 Å². The molecule has 0 saturated carbocycles. The Balaban J connectivity index is 1.74. The molecule has 0 bridgehead atoms. The van der Waals surface area contributed by atoms with Crippen molar-refractivity contribution in [1.82, 2.24) is 20.2 Å². The first kappa shape index (κ1) is 20.2. The number of H-pyrrole nitrogens is 1. The topological polar surface area (TPSA) is 78.1 Å². The molecule has 8 heteroatoms. The van der Waals surface area contributed by atoms with Gasteiger partial charge in [-0.1, -0.05) is 41.4 Å². The van der Waals surface area contributed by atoms with Crippen LogP contribution in [0.4, 0.5) is 4.79 Å². The Morgan fingerprint density at radius 3 is 2.68 bits per heavy atom. The van der Waals surface area contributed by atoms with Gasteiger partial charge < -0.3 is 15.2 Å². The van der Waals surface area contributed by atoms with Crippen molar-refractivity contribution in [3.8, 4) is 0 Å². The van der Waals surface area contributed by atoms with Crippen molar-refractivity contribution >= 4 is 40.1 Å². The van der Waals surface area contributed by atoms with E-state index >= 15 is 0 Å². The van der Waals surface area contributed by atoms with Gasteiger partial charge in [-0.3, -0.25) is 4.79 Å². The van der Waals surface area contributed by atoms with Gasteiger partial charge in [0.15, 0.2) is 0 Å². The minimum Gasteiger partial charge on any atom is -0.331 e. The number of rotatable bonds is 5. The molecule has 0 aliphatic heterocycles. The van der Waals surface area contributed by atoms with Gasteiger partial charge in [-0.2, -0.15) is 0 Å². The number of urea groups is 1. The summed E-state index contributed by atoms with van der Waals surface area (Å²) < 4.78 is 0. The highest BCUT2D eigenvalue weighted by Crippen LogP contribution is 2.25. The highest BCUT2D eigenvalue weighted by atomic mass is 35.5. The molecule has 0 spiro atoms. The summed E-state index contributed by atoms with van der Waals surface area (Å²) in [4.78, 5) is 33.7. The maximum absolute atomic E-state index is 12.7. The van der Waals surface area contributed by atoms with Gasteiger partial charge in [0.05, 0.1) is 33.5 Å². The van der Waals surface area contributed by atoms with Gasteiger partial charge in [-0.25, -0.2) is 9.78 Å². The fraction of sp³-hybridized carbons (Fsp3) is 0.250. The maximum Gasteiger partial charge on any atom is 0.318 e. The molecular formula is C20H20Cl2N4O2. The summed E-state index contributed by atoms with van der Waals surface area (Å²) in [6, 6.07) is 11.8. The van der Waals surface area contributed by atoms with Crippen molar-refractivity contribution in [2.45, 2.75) is 26.4 Å². The number of fused-ring (bicyclic) bond motifs is 1. The average Bonchev–Trinajstić information content (AvgIpc) is 2.68. The molecule has 1 aromatic heterocycles. The molecule has 0 aliphatic rings. The molecular weight excluding hydrogens is 399 g/mol. The molecule has 0 aliphatic carbocycles. The molecule has 3 aromatic rings. The zero-order valence-corrected chi connectivity index (χ0v) is 17.0. The number of amides is 2. The van der Waals surface area contributed by atoms with Crippen molar-refractivity contribution < 1.29 is 4.79 Å². The van der Waals surface area contributed by atoms with E-state index in [1.807, 2.05) is 26.0 Å². The first-order valence-corrected chi connectivity index (χ1v) is 9.63. The van der Waals surface area contributed by atoms with Crippen molar-refractivity contribution in [3.63, 3.8) is 0 Å². The highest BCUT2D eigenvalue weighted by molar-refractivity contribution is 6.42. The van der Waals surface area contributed by atoms with Gasteiger partial charge in [-0.05, 0) is 43.7 Å². The van der Waals surface area contributed by atoms with Crippen LogP contribution in [0.1, 0.15) is 31.3 Å². The lowest BCUT2D eigenvalue weighted by atomic mass is 10.1. The third-order valence-corrected chi connectivity index (χ3v) is 5.19. The fourth-order valence-electron chi connectivity index (χ4n) is 2.86. The van der Waals surface area contributed by atoms with Crippen LogP contribution in [0.3, 0.4) is 0 Å². The van der Waals surface area contributed by atoms with Crippen LogP contribution in [0.2, 0.25) is 10.0 Å². The Morgan fingerprint density at radius 1 is 1.21 bits per heavy atom. The summed E-state index contributed by atoms with van der Waals surface area (Å²) in [5.74, 6) is 0.433. The lowest BCUT2D eigenvalue weighted by molar-refractivity contribution is 0.193. The van der Waals surface area contributed by atoms with Gasteiger partial charge >= 0.3 is 6.03 Å². The van der Waals surface area contributed by atoms with Gasteiger partial charge in [0.2, 0.25) is 0 Å². The number of halogens is 2. The van der Waals surface area contributed by atoms with E-state index in [-0.39, 0.29) is 24.2 Å². The van der Waals surface area contributed by atoms with Gasteiger partial charge in [0.25, 0.3) is 5.56 Å². The van der Waals surface area contributed by atoms with Crippen LogP contribution in [0.15, 0.2) is 47.3 Å². The normalized spacial score (nSPS) is 12.0. The Morgan fingerprint density at radius 2 is 1.96 bits per heavy atom. The quantitative estimate of drug-likeness (QED) is 0.638. The van der Waals surface area contributed by atoms with Crippen LogP contribution in [-0.4, -0.2) is 27.4 Å². The maximum atomic E-state index is 12.7. The molecule has 2 N–H and O–H groups in total. The van der Waals surface area contributed by atoms with E-state index in [2.05, 4.69) is 15.3 Å². The van der Waals surface area contributed by atoms with E-state index in [1.54, 1.807) is 35.2 Å². The molecule has 0 saturated heterocycles. The van der Waals surface area contributed by atoms with Crippen molar-refractivity contribution in [1.29, 1.82) is 0 Å². The zero-order chi connectivity index (χ0) is 20.3. The van der Waals surface area contributed by atoms with E-state index in [4.69, 9.17) is 23.2 Å². The van der Waals surface area contributed by atoms with Gasteiger partial charge in [-0.15, -0.1) is 0 Å². The second-order valence-electron chi connectivity index (χ2n) is 6.39. The molecule has 2 amide bonds. The van der Waals surface area contributed by atoms with Crippen molar-refractivity contribution in [2.24, 2.45) is 0 Å². The predicted octanol–water partition coefficient (Wildman–Crippen LogP) is 4.52.